The van der Waals surface area contributed by atoms with Crippen molar-refractivity contribution in [1.82, 2.24) is 29.9 Å². The number of hydrogen-bond acceptors (Lipinski definition) is 6. The van der Waals surface area contributed by atoms with Crippen LogP contribution in [-0.4, -0.2) is 59.9 Å². The minimum atomic E-state index is -0.887. The summed E-state index contributed by atoms with van der Waals surface area (Å²) in [6.07, 6.45) is 1.75. The first kappa shape index (κ1) is 17.0. The van der Waals surface area contributed by atoms with Gasteiger partial charge >= 0.3 is 5.97 Å². The molecule has 0 aliphatic carbocycles. The molecule has 1 aliphatic heterocycles. The van der Waals surface area contributed by atoms with E-state index in [0.29, 0.717) is 30.3 Å². The minimum Gasteiger partial charge on any atom is -0.481 e. The molecule has 2 aromatic rings. The van der Waals surface area contributed by atoms with E-state index in [4.69, 9.17) is 0 Å². The zero-order valence-corrected chi connectivity index (χ0v) is 14.4. The molecule has 1 fully saturated rings. The summed E-state index contributed by atoms with van der Waals surface area (Å²) in [6, 6.07) is 1.65. The van der Waals surface area contributed by atoms with E-state index in [1.165, 1.54) is 0 Å². The number of amides is 1. The number of carboxylic acid groups (broad SMARTS) is 1. The highest BCUT2D eigenvalue weighted by Gasteiger charge is 2.39. The second kappa shape index (κ2) is 6.58. The summed E-state index contributed by atoms with van der Waals surface area (Å²) in [6.45, 7) is 4.31. The SMILES string of the molecule is Cc1cc(C(=O)N2C[C@H](CC(=O)O)[C@H](c3cn(C)nn3)C2)nc(C)n1. The van der Waals surface area contributed by atoms with E-state index in [0.717, 1.165) is 5.69 Å². The van der Waals surface area contributed by atoms with Crippen molar-refractivity contribution in [2.75, 3.05) is 13.1 Å². The first-order valence-electron chi connectivity index (χ1n) is 8.03. The van der Waals surface area contributed by atoms with Gasteiger partial charge in [0.25, 0.3) is 5.91 Å². The number of hydrogen-bond donors (Lipinski definition) is 1. The first-order chi connectivity index (χ1) is 11.8. The molecule has 1 saturated heterocycles. The maximum atomic E-state index is 12.8. The van der Waals surface area contributed by atoms with E-state index >= 15 is 0 Å². The third kappa shape index (κ3) is 3.65. The summed E-state index contributed by atoms with van der Waals surface area (Å²) in [7, 11) is 1.76. The molecule has 2 atom stereocenters. The summed E-state index contributed by atoms with van der Waals surface area (Å²) in [5.74, 6) is -0.924. The third-order valence-corrected chi connectivity index (χ3v) is 4.35. The molecule has 2 aromatic heterocycles. The summed E-state index contributed by atoms with van der Waals surface area (Å²) in [5.41, 5.74) is 1.76. The van der Waals surface area contributed by atoms with Crippen molar-refractivity contribution in [3.63, 3.8) is 0 Å². The number of carboxylic acids is 1. The molecule has 1 amide bonds. The smallest absolute Gasteiger partial charge is 0.303 e. The van der Waals surface area contributed by atoms with Gasteiger partial charge in [0.1, 0.15) is 11.5 Å². The van der Waals surface area contributed by atoms with Crippen molar-refractivity contribution in [1.29, 1.82) is 0 Å². The number of rotatable bonds is 4. The monoisotopic (exact) mass is 344 g/mol. The quantitative estimate of drug-likeness (QED) is 0.861. The fraction of sp³-hybridized carbons (Fsp3) is 0.500. The normalized spacial score (nSPS) is 20.0. The van der Waals surface area contributed by atoms with E-state index in [1.807, 2.05) is 6.92 Å². The van der Waals surface area contributed by atoms with Crippen molar-refractivity contribution in [2.24, 2.45) is 13.0 Å². The number of aromatic nitrogens is 5. The van der Waals surface area contributed by atoms with Crippen LogP contribution in [0.25, 0.3) is 0 Å². The van der Waals surface area contributed by atoms with E-state index < -0.39 is 5.97 Å². The number of carbonyl (C=O) groups is 2. The van der Waals surface area contributed by atoms with Crippen molar-refractivity contribution in [3.8, 4) is 0 Å². The Bertz CT molecular complexity index is 798. The van der Waals surface area contributed by atoms with Crippen LogP contribution < -0.4 is 0 Å². The van der Waals surface area contributed by atoms with Crippen molar-refractivity contribution in [3.05, 3.63) is 35.2 Å². The Labute approximate surface area is 144 Å². The van der Waals surface area contributed by atoms with Crippen molar-refractivity contribution in [2.45, 2.75) is 26.2 Å². The Kier molecular flexibility index (Phi) is 4.47. The highest BCUT2D eigenvalue weighted by molar-refractivity contribution is 5.92. The van der Waals surface area contributed by atoms with Gasteiger partial charge in [-0.2, -0.15) is 0 Å². The van der Waals surface area contributed by atoms with Gasteiger partial charge in [-0.3, -0.25) is 14.3 Å². The zero-order valence-electron chi connectivity index (χ0n) is 14.4. The Morgan fingerprint density at radius 2 is 2.04 bits per heavy atom. The van der Waals surface area contributed by atoms with Gasteiger partial charge in [-0.05, 0) is 25.8 Å². The molecule has 3 heterocycles. The summed E-state index contributed by atoms with van der Waals surface area (Å²) in [5, 5.41) is 17.2. The standard InChI is InChI=1S/C16H20N6O3/c1-9-4-13(18-10(2)17-9)16(25)22-6-11(5-15(23)24)12(7-22)14-8-21(3)20-19-14/h4,8,11-12H,5-7H2,1-3H3,(H,23,24)/t11-,12+/m0/s1. The Balaban J connectivity index is 1.85. The predicted octanol–water partition coefficient (Wildman–Crippen LogP) is 0.552. The van der Waals surface area contributed by atoms with Crippen LogP contribution in [0.3, 0.4) is 0 Å². The molecule has 9 nitrogen and oxygen atoms in total. The van der Waals surface area contributed by atoms with Gasteiger partial charge in [0.15, 0.2) is 0 Å². The topological polar surface area (TPSA) is 114 Å². The number of likely N-dealkylation sites (tertiary alicyclic amines) is 1. The van der Waals surface area contributed by atoms with Crippen molar-refractivity contribution >= 4 is 11.9 Å². The predicted molar refractivity (Wildman–Crippen MR) is 86.9 cm³/mol. The van der Waals surface area contributed by atoms with Crippen LogP contribution in [0.5, 0.6) is 0 Å². The minimum absolute atomic E-state index is 0.0210. The van der Waals surface area contributed by atoms with E-state index in [1.54, 1.807) is 35.8 Å². The third-order valence-electron chi connectivity index (χ3n) is 4.35. The molecular formula is C16H20N6O3. The van der Waals surface area contributed by atoms with Crippen LogP contribution in [-0.2, 0) is 11.8 Å². The largest absolute Gasteiger partial charge is 0.481 e. The van der Waals surface area contributed by atoms with E-state index in [2.05, 4.69) is 20.3 Å². The molecule has 1 N–H and O–H groups in total. The molecular weight excluding hydrogens is 324 g/mol. The molecule has 9 heteroatoms. The van der Waals surface area contributed by atoms with Crippen molar-refractivity contribution < 1.29 is 14.7 Å². The molecule has 0 saturated carbocycles. The van der Waals surface area contributed by atoms with Crippen LogP contribution in [0, 0.1) is 19.8 Å². The summed E-state index contributed by atoms with van der Waals surface area (Å²) >= 11 is 0. The van der Waals surface area contributed by atoms with Crippen LogP contribution in [0.2, 0.25) is 0 Å². The maximum Gasteiger partial charge on any atom is 0.303 e. The van der Waals surface area contributed by atoms with Crippen LogP contribution >= 0.6 is 0 Å². The fourth-order valence-corrected chi connectivity index (χ4v) is 3.33. The Hall–Kier alpha value is -2.84. The molecule has 25 heavy (non-hydrogen) atoms. The van der Waals surface area contributed by atoms with Gasteiger partial charge in [-0.25, -0.2) is 9.97 Å². The first-order valence-corrected chi connectivity index (χ1v) is 8.03. The van der Waals surface area contributed by atoms with Gasteiger partial charge < -0.3 is 10.0 Å². The molecule has 0 aromatic carbocycles. The number of aryl methyl sites for hydroxylation is 3. The summed E-state index contributed by atoms with van der Waals surface area (Å²) in [4.78, 5) is 34.1. The second-order valence-electron chi connectivity index (χ2n) is 6.43. The molecule has 0 bridgehead atoms. The molecule has 132 valence electrons. The highest BCUT2D eigenvalue weighted by atomic mass is 16.4. The fourth-order valence-electron chi connectivity index (χ4n) is 3.33. The lowest BCUT2D eigenvalue weighted by Crippen LogP contribution is -2.30. The van der Waals surface area contributed by atoms with Crippen LogP contribution in [0.4, 0.5) is 0 Å². The number of aliphatic carboxylic acids is 1. The second-order valence-corrected chi connectivity index (χ2v) is 6.43. The van der Waals surface area contributed by atoms with Gasteiger partial charge in [0.05, 0.1) is 12.1 Å². The molecule has 0 spiro atoms. The Morgan fingerprint density at radius 1 is 1.28 bits per heavy atom. The zero-order chi connectivity index (χ0) is 18.1. The number of carbonyl (C=O) groups excluding carboxylic acids is 1. The van der Waals surface area contributed by atoms with Gasteiger partial charge in [-0.1, -0.05) is 5.21 Å². The molecule has 1 aliphatic rings. The van der Waals surface area contributed by atoms with Crippen LogP contribution in [0.1, 0.15) is 40.0 Å². The average molecular weight is 344 g/mol. The average Bonchev–Trinajstić information content (AvgIpc) is 3.11. The lowest BCUT2D eigenvalue weighted by Gasteiger charge is -2.16. The highest BCUT2D eigenvalue weighted by Crippen LogP contribution is 2.34. The van der Waals surface area contributed by atoms with E-state index in [-0.39, 0.29) is 24.2 Å². The van der Waals surface area contributed by atoms with Crippen LogP contribution in [0.15, 0.2) is 12.3 Å². The van der Waals surface area contributed by atoms with Gasteiger partial charge in [0, 0.05) is 37.9 Å². The number of nitrogens with zero attached hydrogens (tertiary/aromatic N) is 6. The lowest BCUT2D eigenvalue weighted by molar-refractivity contribution is -0.138. The summed E-state index contributed by atoms with van der Waals surface area (Å²) < 4.78 is 1.58. The molecule has 3 rings (SSSR count). The van der Waals surface area contributed by atoms with E-state index in [9.17, 15) is 14.7 Å². The van der Waals surface area contributed by atoms with Gasteiger partial charge in [0.2, 0.25) is 0 Å². The maximum absolute atomic E-state index is 12.8. The Morgan fingerprint density at radius 3 is 2.64 bits per heavy atom. The van der Waals surface area contributed by atoms with Gasteiger partial charge in [-0.15, -0.1) is 5.10 Å². The molecule has 0 radical (unpaired) electrons. The lowest BCUT2D eigenvalue weighted by atomic mass is 9.91. The molecule has 0 unspecified atom stereocenters.